The fraction of sp³-hybridized carbons (Fsp3) is 0.333. The summed E-state index contributed by atoms with van der Waals surface area (Å²) in [6.45, 7) is 0.689. The Balaban J connectivity index is 1.83. The smallest absolute Gasteiger partial charge is 0.338 e. The molecule has 0 unspecified atom stereocenters. The van der Waals surface area contributed by atoms with E-state index in [-0.39, 0.29) is 17.1 Å². The van der Waals surface area contributed by atoms with Gasteiger partial charge in [-0.3, -0.25) is 14.7 Å². The van der Waals surface area contributed by atoms with Crippen LogP contribution in [0.4, 0.5) is 4.39 Å². The third-order valence-electron chi connectivity index (χ3n) is 5.31. The number of halogens is 2. The molecule has 1 saturated heterocycles. The number of carbonyl (C=O) groups is 2. The molecule has 1 aromatic heterocycles. The predicted molar refractivity (Wildman–Crippen MR) is 125 cm³/mol. The van der Waals surface area contributed by atoms with Gasteiger partial charge in [-0.25, -0.2) is 14.2 Å². The molecule has 0 amide bonds. The number of carboxylic acid groups (broad SMARTS) is 1. The van der Waals surface area contributed by atoms with E-state index < -0.39 is 29.8 Å². The van der Waals surface area contributed by atoms with Crippen molar-refractivity contribution < 1.29 is 23.8 Å². The molecule has 33 heavy (non-hydrogen) atoms. The van der Waals surface area contributed by atoms with Gasteiger partial charge in [0.15, 0.2) is 10.8 Å². The number of aliphatic imine (C=N–C) groups is 1. The minimum Gasteiger partial charge on any atom is -0.480 e. The van der Waals surface area contributed by atoms with Crippen LogP contribution in [0.1, 0.15) is 16.6 Å². The monoisotopic (exact) mass is 510 g/mol. The van der Waals surface area contributed by atoms with Crippen LogP contribution in [0.15, 0.2) is 46.0 Å². The van der Waals surface area contributed by atoms with Gasteiger partial charge >= 0.3 is 11.9 Å². The summed E-state index contributed by atoms with van der Waals surface area (Å²) in [6.07, 6.45) is 1.63. The van der Waals surface area contributed by atoms with E-state index in [0.29, 0.717) is 34.4 Å². The van der Waals surface area contributed by atoms with E-state index in [1.807, 2.05) is 0 Å². The van der Waals surface area contributed by atoms with Gasteiger partial charge in [-0.2, -0.15) is 11.8 Å². The molecule has 2 atom stereocenters. The Morgan fingerprint density at radius 2 is 2.24 bits per heavy atom. The highest BCUT2D eigenvalue weighted by Gasteiger charge is 2.36. The first-order chi connectivity index (χ1) is 15.9. The number of ether oxygens (including phenoxy) is 1. The molecule has 2 aliphatic heterocycles. The number of aromatic nitrogens is 1. The molecule has 2 aliphatic rings. The lowest BCUT2D eigenvalue weighted by atomic mass is 9.95. The minimum atomic E-state index is -0.926. The van der Waals surface area contributed by atoms with Crippen LogP contribution in [0.25, 0.3) is 0 Å². The van der Waals surface area contributed by atoms with Gasteiger partial charge in [0, 0.05) is 52.5 Å². The van der Waals surface area contributed by atoms with Crippen molar-refractivity contribution in [1.82, 2.24) is 15.2 Å². The van der Waals surface area contributed by atoms with E-state index >= 15 is 0 Å². The van der Waals surface area contributed by atoms with Crippen molar-refractivity contribution in [1.29, 1.82) is 0 Å². The molecule has 2 aromatic rings. The fourth-order valence-electron chi connectivity index (χ4n) is 3.73. The van der Waals surface area contributed by atoms with Crippen molar-refractivity contribution in [3.63, 3.8) is 0 Å². The summed E-state index contributed by atoms with van der Waals surface area (Å²) < 4.78 is 18.8. The van der Waals surface area contributed by atoms with E-state index in [4.69, 9.17) is 16.3 Å². The lowest BCUT2D eigenvalue weighted by Gasteiger charge is -2.35. The van der Waals surface area contributed by atoms with Gasteiger partial charge in [0.1, 0.15) is 17.9 Å². The van der Waals surface area contributed by atoms with Crippen molar-refractivity contribution >= 4 is 52.5 Å². The molecule has 0 radical (unpaired) electrons. The Bertz CT molecular complexity index is 1130. The molecule has 0 aliphatic carbocycles. The van der Waals surface area contributed by atoms with E-state index in [0.717, 1.165) is 11.8 Å². The number of carbonyl (C=O) groups excluding carboxylic acids is 1. The Kier molecular flexibility index (Phi) is 7.32. The van der Waals surface area contributed by atoms with Gasteiger partial charge in [-0.1, -0.05) is 17.7 Å². The maximum Gasteiger partial charge on any atom is 0.338 e. The lowest BCUT2D eigenvalue weighted by Crippen LogP contribution is -2.50. The van der Waals surface area contributed by atoms with Gasteiger partial charge in [0.25, 0.3) is 0 Å². The summed E-state index contributed by atoms with van der Waals surface area (Å²) in [4.78, 5) is 35.5. The van der Waals surface area contributed by atoms with Crippen molar-refractivity contribution in [2.45, 2.75) is 12.1 Å². The van der Waals surface area contributed by atoms with Crippen molar-refractivity contribution in [3.8, 4) is 0 Å². The molecule has 12 heteroatoms. The highest BCUT2D eigenvalue weighted by molar-refractivity contribution is 7.99. The van der Waals surface area contributed by atoms with Crippen molar-refractivity contribution in [2.75, 3.05) is 31.7 Å². The molecule has 174 valence electrons. The Morgan fingerprint density at radius 3 is 2.91 bits per heavy atom. The maximum absolute atomic E-state index is 13.7. The van der Waals surface area contributed by atoms with Crippen LogP contribution in [0.2, 0.25) is 5.02 Å². The van der Waals surface area contributed by atoms with Crippen LogP contribution in [0, 0.1) is 5.82 Å². The van der Waals surface area contributed by atoms with Crippen LogP contribution >= 0.6 is 34.7 Å². The molecule has 4 rings (SSSR count). The maximum atomic E-state index is 13.7. The second-order valence-corrected chi connectivity index (χ2v) is 9.74. The molecular formula is C21H20ClFN4O4S2. The average Bonchev–Trinajstić information content (AvgIpc) is 3.33. The first-order valence-electron chi connectivity index (χ1n) is 9.94. The second-order valence-electron chi connectivity index (χ2n) is 7.29. The molecule has 2 N–H and O–H groups in total. The number of nitrogens with zero attached hydrogens (tertiary/aromatic N) is 3. The highest BCUT2D eigenvalue weighted by Crippen LogP contribution is 2.37. The van der Waals surface area contributed by atoms with Gasteiger partial charge in [-0.05, 0) is 12.1 Å². The highest BCUT2D eigenvalue weighted by atomic mass is 35.5. The lowest BCUT2D eigenvalue weighted by molar-refractivity contribution is -0.142. The third-order valence-corrected chi connectivity index (χ3v) is 7.44. The number of hydrogen-bond acceptors (Lipinski definition) is 9. The third kappa shape index (κ3) is 5.06. The Hall–Kier alpha value is -2.47. The topological polar surface area (TPSA) is 104 Å². The summed E-state index contributed by atoms with van der Waals surface area (Å²) in [7, 11) is 1.26. The van der Waals surface area contributed by atoms with Crippen LogP contribution in [0.3, 0.4) is 0 Å². The molecule has 0 spiro atoms. The predicted octanol–water partition coefficient (Wildman–Crippen LogP) is 2.96. The summed E-state index contributed by atoms with van der Waals surface area (Å²) in [5, 5.41) is 15.4. The normalized spacial score (nSPS) is 21.4. The number of thioether (sulfide) groups is 1. The Labute approximate surface area is 202 Å². The summed E-state index contributed by atoms with van der Waals surface area (Å²) in [5.74, 6) is -0.451. The van der Waals surface area contributed by atoms with Crippen LogP contribution < -0.4 is 5.32 Å². The van der Waals surface area contributed by atoms with Gasteiger partial charge in [0.05, 0.1) is 12.7 Å². The SMILES string of the molecule is COC(=O)C1=C(CN2CCSC[C@H]2C(=O)O)NC(c2nccs2)=N[C@H]1c1ccc(F)cc1Cl. The summed E-state index contributed by atoms with van der Waals surface area (Å²) in [6, 6.07) is 2.30. The standard InChI is InChI=1S/C21H20ClFN4O4S2/c1-31-21(30)16-14(9-27-5-7-32-10-15(27)20(28)29)25-18(19-24-4-6-33-19)26-17(16)12-3-2-11(23)8-13(12)22/h2-4,6,8,15,17H,5,7,9-10H2,1H3,(H,25,26)(H,28,29)/t15-,17-/m0/s1. The number of carboxylic acids is 1. The molecule has 1 fully saturated rings. The van der Waals surface area contributed by atoms with Gasteiger partial charge in [-0.15, -0.1) is 11.3 Å². The number of hydrogen-bond donors (Lipinski definition) is 2. The quantitative estimate of drug-likeness (QED) is 0.572. The number of nitrogens with one attached hydrogen (secondary N) is 1. The second kappa shape index (κ2) is 10.2. The average molecular weight is 511 g/mol. The zero-order valence-corrected chi connectivity index (χ0v) is 19.8. The van der Waals surface area contributed by atoms with Gasteiger partial charge < -0.3 is 15.2 Å². The first-order valence-corrected chi connectivity index (χ1v) is 12.4. The van der Waals surface area contributed by atoms with Crippen molar-refractivity contribution in [3.05, 3.63) is 62.5 Å². The van der Waals surface area contributed by atoms with Crippen molar-refractivity contribution in [2.24, 2.45) is 4.99 Å². The zero-order valence-electron chi connectivity index (χ0n) is 17.5. The zero-order chi connectivity index (χ0) is 23.5. The molecule has 8 nitrogen and oxygen atoms in total. The van der Waals surface area contributed by atoms with E-state index in [1.54, 1.807) is 28.2 Å². The number of amidine groups is 1. The van der Waals surface area contributed by atoms with Gasteiger partial charge in [0.2, 0.25) is 0 Å². The first kappa shape index (κ1) is 23.7. The minimum absolute atomic E-state index is 0.114. The molecule has 3 heterocycles. The van der Waals surface area contributed by atoms with Crippen LogP contribution in [-0.2, 0) is 14.3 Å². The molecule has 0 bridgehead atoms. The molecule has 0 saturated carbocycles. The largest absolute Gasteiger partial charge is 0.480 e. The number of aliphatic carboxylic acids is 1. The Morgan fingerprint density at radius 1 is 1.42 bits per heavy atom. The molecular weight excluding hydrogens is 491 g/mol. The van der Waals surface area contributed by atoms with E-state index in [2.05, 4.69) is 15.3 Å². The van der Waals surface area contributed by atoms with E-state index in [1.165, 1.54) is 30.6 Å². The van der Waals surface area contributed by atoms with Crippen LogP contribution in [-0.4, -0.2) is 70.5 Å². The summed E-state index contributed by atoms with van der Waals surface area (Å²) >= 11 is 9.27. The van der Waals surface area contributed by atoms with Crippen LogP contribution in [0.5, 0.6) is 0 Å². The fourth-order valence-corrected chi connectivity index (χ4v) is 5.69. The number of rotatable bonds is 6. The number of esters is 1. The number of benzene rings is 1. The summed E-state index contributed by atoms with van der Waals surface area (Å²) in [5.41, 5.74) is 1.06. The molecule has 1 aromatic carbocycles. The van der Waals surface area contributed by atoms with E-state index in [9.17, 15) is 19.1 Å². The number of methoxy groups -OCH3 is 1. The number of thiazole rings is 1.